The van der Waals surface area contributed by atoms with Crippen LogP contribution < -0.4 is 26.6 Å². The SMILES string of the molecule is CC(C)(C)CC(=O)NCCOCCOCCOCCOCCOCCOCCOCCOCCOCCOCCNC(=O)CCCCCCCNC(=O)CC[C@H](NC(=O)N[C@@H](CCC(=O)O)C(=O)O)C(=O)O. The topological polar surface area (TPSA) is 333 Å². The first-order valence-corrected chi connectivity index (χ1v) is 24.9. The molecule has 0 aromatic carbocycles. The molecular weight excluding hydrogens is 955 g/mol. The van der Waals surface area contributed by atoms with Crippen molar-refractivity contribution in [2.75, 3.05) is 152 Å². The Labute approximate surface area is 424 Å². The van der Waals surface area contributed by atoms with Gasteiger partial charge in [0.15, 0.2) is 0 Å². The summed E-state index contributed by atoms with van der Waals surface area (Å²) in [4.78, 5) is 81.6. The molecule has 0 saturated carbocycles. The van der Waals surface area contributed by atoms with Crippen LogP contribution in [0.4, 0.5) is 4.79 Å². The lowest BCUT2D eigenvalue weighted by atomic mass is 9.92. The largest absolute Gasteiger partial charge is 0.481 e. The number of rotatable bonds is 52. The molecule has 0 aliphatic heterocycles. The van der Waals surface area contributed by atoms with E-state index in [1.165, 1.54) is 0 Å². The Morgan fingerprint density at radius 1 is 0.375 bits per heavy atom. The quantitative estimate of drug-likeness (QED) is 0.0396. The first-order chi connectivity index (χ1) is 34.6. The summed E-state index contributed by atoms with van der Waals surface area (Å²) in [6.45, 7) is 16.2. The first-order valence-electron chi connectivity index (χ1n) is 24.9. The first kappa shape index (κ1) is 67.7. The minimum Gasteiger partial charge on any atom is -0.481 e. The number of ether oxygens (including phenoxy) is 10. The third-order valence-electron chi connectivity index (χ3n) is 9.59. The van der Waals surface area contributed by atoms with Gasteiger partial charge in [0.1, 0.15) is 12.1 Å². The molecule has 0 rings (SSSR count). The molecule has 420 valence electrons. The average Bonchev–Trinajstić information content (AvgIpc) is 3.31. The number of unbranched alkanes of at least 4 members (excludes halogenated alkanes) is 4. The van der Waals surface area contributed by atoms with Gasteiger partial charge >= 0.3 is 23.9 Å². The number of hydrogen-bond donors (Lipinski definition) is 8. The molecule has 0 radical (unpaired) electrons. The standard InChI is InChI=1S/C47H87N5O20/c1-47(2,3)37-42(55)50-16-18-64-20-22-66-24-26-68-28-30-70-32-34-72-36-35-71-33-31-69-29-27-67-25-23-65-21-19-63-17-15-49-40(53)9-7-5-4-6-8-14-48-41(54)12-10-38(44(58)59)51-46(62)52-39(45(60)61)11-13-43(56)57/h38-39H,4-37H2,1-3H3,(H,48,54)(H,49,53)(H,50,55)(H,56,57)(H,58,59)(H,60,61)(H2,51,52,62)/t38-,39-/m0/s1. The number of carboxylic acids is 3. The average molecular weight is 1040 g/mol. The van der Waals surface area contributed by atoms with E-state index in [2.05, 4.69) is 21.3 Å². The van der Waals surface area contributed by atoms with Crippen molar-refractivity contribution in [1.29, 1.82) is 0 Å². The summed E-state index contributed by atoms with van der Waals surface area (Å²) >= 11 is 0. The molecule has 0 spiro atoms. The molecule has 25 heteroatoms. The molecule has 0 aliphatic carbocycles. The molecule has 72 heavy (non-hydrogen) atoms. The molecular formula is C47H87N5O20. The fraction of sp³-hybridized carbons (Fsp3) is 0.851. The Kier molecular flexibility index (Phi) is 44.8. The summed E-state index contributed by atoms with van der Waals surface area (Å²) in [7, 11) is 0. The van der Waals surface area contributed by atoms with Gasteiger partial charge in [-0.25, -0.2) is 14.4 Å². The summed E-state index contributed by atoms with van der Waals surface area (Å²) in [5.41, 5.74) is -0.0306. The van der Waals surface area contributed by atoms with Gasteiger partial charge in [-0.2, -0.15) is 0 Å². The van der Waals surface area contributed by atoms with E-state index in [0.29, 0.717) is 177 Å². The second kappa shape index (κ2) is 47.7. The summed E-state index contributed by atoms with van der Waals surface area (Å²) in [6, 6.07) is -4.09. The maximum atomic E-state index is 12.2. The van der Waals surface area contributed by atoms with Crippen molar-refractivity contribution in [1.82, 2.24) is 26.6 Å². The van der Waals surface area contributed by atoms with E-state index in [0.717, 1.165) is 19.3 Å². The molecule has 2 atom stereocenters. The molecule has 0 aliphatic rings. The second-order valence-corrected chi connectivity index (χ2v) is 17.3. The number of amides is 5. The van der Waals surface area contributed by atoms with Crippen LogP contribution in [0, 0.1) is 5.41 Å². The lowest BCUT2D eigenvalue weighted by Crippen LogP contribution is -2.51. The van der Waals surface area contributed by atoms with Crippen molar-refractivity contribution in [2.24, 2.45) is 5.41 Å². The molecule has 0 aromatic rings. The Morgan fingerprint density at radius 3 is 1.04 bits per heavy atom. The Morgan fingerprint density at radius 2 is 0.681 bits per heavy atom. The fourth-order valence-corrected chi connectivity index (χ4v) is 5.91. The molecule has 8 N–H and O–H groups in total. The van der Waals surface area contributed by atoms with Gasteiger partial charge in [-0.3, -0.25) is 19.2 Å². The highest BCUT2D eigenvalue weighted by atomic mass is 16.6. The van der Waals surface area contributed by atoms with Crippen LogP contribution in [0.5, 0.6) is 0 Å². The molecule has 0 aromatic heterocycles. The van der Waals surface area contributed by atoms with Crippen molar-refractivity contribution < 1.29 is 96.2 Å². The number of urea groups is 1. The lowest BCUT2D eigenvalue weighted by Gasteiger charge is -2.18. The lowest BCUT2D eigenvalue weighted by molar-refractivity contribution is -0.141. The van der Waals surface area contributed by atoms with E-state index < -0.39 is 48.4 Å². The van der Waals surface area contributed by atoms with Gasteiger partial charge < -0.3 is 89.3 Å². The predicted octanol–water partition coefficient (Wildman–Crippen LogP) is 1.13. The van der Waals surface area contributed by atoms with Gasteiger partial charge in [-0.1, -0.05) is 40.0 Å². The molecule has 0 heterocycles. The molecule has 25 nitrogen and oxygen atoms in total. The van der Waals surface area contributed by atoms with E-state index in [4.69, 9.17) is 57.6 Å². The van der Waals surface area contributed by atoms with Crippen LogP contribution in [0.15, 0.2) is 0 Å². The highest BCUT2D eigenvalue weighted by Gasteiger charge is 2.25. The third-order valence-corrected chi connectivity index (χ3v) is 9.59. The van der Waals surface area contributed by atoms with Crippen molar-refractivity contribution in [3.8, 4) is 0 Å². The van der Waals surface area contributed by atoms with Crippen LogP contribution in [-0.4, -0.2) is 221 Å². The molecule has 0 bridgehead atoms. The molecule has 0 saturated heterocycles. The number of carbonyl (C=O) groups excluding carboxylic acids is 4. The summed E-state index contributed by atoms with van der Waals surface area (Å²) in [5, 5.41) is 39.7. The van der Waals surface area contributed by atoms with Crippen molar-refractivity contribution in [3.05, 3.63) is 0 Å². The predicted molar refractivity (Wildman–Crippen MR) is 260 cm³/mol. The maximum absolute atomic E-state index is 12.2. The van der Waals surface area contributed by atoms with Gasteiger partial charge in [0.25, 0.3) is 0 Å². The highest BCUT2D eigenvalue weighted by molar-refractivity contribution is 5.86. The van der Waals surface area contributed by atoms with Crippen LogP contribution >= 0.6 is 0 Å². The van der Waals surface area contributed by atoms with E-state index in [9.17, 15) is 38.7 Å². The number of nitrogens with one attached hydrogen (secondary N) is 5. The van der Waals surface area contributed by atoms with Crippen molar-refractivity contribution >= 4 is 41.7 Å². The van der Waals surface area contributed by atoms with Gasteiger partial charge in [-0.15, -0.1) is 0 Å². The Hall–Kier alpha value is -4.31. The van der Waals surface area contributed by atoms with Crippen molar-refractivity contribution in [3.63, 3.8) is 0 Å². The second-order valence-electron chi connectivity index (χ2n) is 17.3. The number of aliphatic carboxylic acids is 3. The van der Waals surface area contributed by atoms with E-state index in [1.807, 2.05) is 26.1 Å². The normalized spacial score (nSPS) is 12.2. The van der Waals surface area contributed by atoms with Crippen LogP contribution in [0.3, 0.4) is 0 Å². The van der Waals surface area contributed by atoms with Gasteiger partial charge in [0.2, 0.25) is 17.7 Å². The summed E-state index contributed by atoms with van der Waals surface area (Å²) in [5.74, 6) is -4.57. The van der Waals surface area contributed by atoms with Gasteiger partial charge in [-0.05, 0) is 31.1 Å². The summed E-state index contributed by atoms with van der Waals surface area (Å²) in [6.07, 6.45) is 3.47. The monoisotopic (exact) mass is 1040 g/mol. The zero-order valence-electron chi connectivity index (χ0n) is 43.0. The zero-order chi connectivity index (χ0) is 53.3. The van der Waals surface area contributed by atoms with E-state index >= 15 is 0 Å². The minimum absolute atomic E-state index is 0.0306. The number of carboxylic acid groups (broad SMARTS) is 3. The maximum Gasteiger partial charge on any atom is 0.326 e. The van der Waals surface area contributed by atoms with Crippen molar-refractivity contribution in [2.45, 2.75) is 103 Å². The van der Waals surface area contributed by atoms with E-state index in [-0.39, 0.29) is 36.5 Å². The van der Waals surface area contributed by atoms with Crippen LogP contribution in [-0.2, 0) is 76.1 Å². The number of carbonyl (C=O) groups is 7. The zero-order valence-corrected chi connectivity index (χ0v) is 43.0. The minimum atomic E-state index is -1.53. The fourth-order valence-electron chi connectivity index (χ4n) is 5.91. The summed E-state index contributed by atoms with van der Waals surface area (Å²) < 4.78 is 54.8. The Bertz CT molecular complexity index is 1430. The third kappa shape index (κ3) is 49.3. The van der Waals surface area contributed by atoms with Crippen LogP contribution in [0.25, 0.3) is 0 Å². The van der Waals surface area contributed by atoms with Gasteiger partial charge in [0.05, 0.1) is 132 Å². The van der Waals surface area contributed by atoms with Crippen LogP contribution in [0.1, 0.15) is 91.4 Å². The molecule has 0 unspecified atom stereocenters. The Balaban J connectivity index is 3.43. The van der Waals surface area contributed by atoms with E-state index in [1.54, 1.807) is 0 Å². The molecule has 0 fully saturated rings. The highest BCUT2D eigenvalue weighted by Crippen LogP contribution is 2.17. The smallest absolute Gasteiger partial charge is 0.326 e. The number of hydrogen-bond acceptors (Lipinski definition) is 17. The molecule has 5 amide bonds. The van der Waals surface area contributed by atoms with Gasteiger partial charge in [0, 0.05) is 45.3 Å². The van der Waals surface area contributed by atoms with Crippen LogP contribution in [0.2, 0.25) is 0 Å².